The topological polar surface area (TPSA) is 116 Å². The fraction of sp³-hybridized carbons (Fsp3) is 0.321. The first kappa shape index (κ1) is 25.8. The first-order valence-electron chi connectivity index (χ1n) is 13.1. The standard InChI is InChI=1S/C28H32N6O4S/c35-27(33-11-15-38-16-12-33)22-3-5-24(6-4-22)30-28-29-19-23-9-10-34(26(23)31-28)25-7-1-21(2-8-25)20-32-13-17-39(36,37)18-14-32/h1-10,19,36-37H,11-18,20H2,(H,29,30,31). The van der Waals surface area contributed by atoms with E-state index in [1.807, 2.05) is 46.0 Å². The zero-order valence-corrected chi connectivity index (χ0v) is 22.4. The van der Waals surface area contributed by atoms with Gasteiger partial charge in [0.15, 0.2) is 0 Å². The maximum Gasteiger partial charge on any atom is 0.254 e. The molecule has 0 unspecified atom stereocenters. The molecular formula is C28H32N6O4S. The van der Waals surface area contributed by atoms with Gasteiger partial charge in [-0.25, -0.2) is 4.98 Å². The molecular weight excluding hydrogens is 516 g/mol. The number of hydrogen-bond acceptors (Lipinski definition) is 8. The number of amides is 1. The third-order valence-corrected chi connectivity index (χ3v) is 8.88. The Hall–Kier alpha value is -3.48. The van der Waals surface area contributed by atoms with Gasteiger partial charge in [-0.1, -0.05) is 12.1 Å². The van der Waals surface area contributed by atoms with Gasteiger partial charge in [0, 0.05) is 67.4 Å². The molecule has 0 radical (unpaired) electrons. The van der Waals surface area contributed by atoms with E-state index in [0.29, 0.717) is 62.4 Å². The van der Waals surface area contributed by atoms with Crippen molar-refractivity contribution in [3.63, 3.8) is 0 Å². The van der Waals surface area contributed by atoms with Gasteiger partial charge in [-0.15, -0.1) is 0 Å². The van der Waals surface area contributed by atoms with Crippen molar-refractivity contribution >= 4 is 39.2 Å². The van der Waals surface area contributed by atoms with Gasteiger partial charge in [0.1, 0.15) is 5.65 Å². The molecule has 0 atom stereocenters. The third kappa shape index (κ3) is 5.92. The van der Waals surface area contributed by atoms with Crippen molar-refractivity contribution < 1.29 is 18.6 Å². The first-order valence-corrected chi connectivity index (χ1v) is 15.0. The molecule has 2 aliphatic heterocycles. The van der Waals surface area contributed by atoms with E-state index in [1.54, 1.807) is 6.20 Å². The Kier molecular flexibility index (Phi) is 7.24. The monoisotopic (exact) mass is 548 g/mol. The van der Waals surface area contributed by atoms with Crippen LogP contribution in [0.15, 0.2) is 67.0 Å². The van der Waals surface area contributed by atoms with Crippen LogP contribution in [0, 0.1) is 0 Å². The summed E-state index contributed by atoms with van der Waals surface area (Å²) in [6.07, 6.45) is 3.78. The molecule has 2 aromatic heterocycles. The summed E-state index contributed by atoms with van der Waals surface area (Å²) in [4.78, 5) is 26.0. The summed E-state index contributed by atoms with van der Waals surface area (Å²) in [5.74, 6) is 1.39. The van der Waals surface area contributed by atoms with E-state index in [4.69, 9.17) is 9.72 Å². The predicted octanol–water partition coefficient (Wildman–Crippen LogP) is 4.20. The quantitative estimate of drug-likeness (QED) is 0.328. The molecule has 11 heteroatoms. The van der Waals surface area contributed by atoms with Crippen molar-refractivity contribution in [3.8, 4) is 5.69 Å². The first-order chi connectivity index (χ1) is 18.9. The summed E-state index contributed by atoms with van der Waals surface area (Å²) < 4.78 is 27.1. The Labute approximate surface area is 228 Å². The molecule has 4 aromatic rings. The molecule has 0 bridgehead atoms. The highest BCUT2D eigenvalue weighted by molar-refractivity contribution is 8.24. The molecule has 2 aliphatic rings. The largest absolute Gasteiger partial charge is 0.378 e. The van der Waals surface area contributed by atoms with Gasteiger partial charge in [-0.05, 0) is 48.0 Å². The number of carbonyl (C=O) groups excluding carboxylic acids is 1. The summed E-state index contributed by atoms with van der Waals surface area (Å²) in [5, 5.41) is 4.18. The van der Waals surface area contributed by atoms with Crippen LogP contribution in [0.5, 0.6) is 0 Å². The number of benzene rings is 2. The van der Waals surface area contributed by atoms with Crippen molar-refractivity contribution in [1.29, 1.82) is 0 Å². The van der Waals surface area contributed by atoms with Crippen LogP contribution >= 0.6 is 10.6 Å². The lowest BCUT2D eigenvalue weighted by molar-refractivity contribution is 0.0303. The van der Waals surface area contributed by atoms with E-state index in [0.717, 1.165) is 29.0 Å². The van der Waals surface area contributed by atoms with Crippen molar-refractivity contribution in [2.45, 2.75) is 6.54 Å². The maximum absolute atomic E-state index is 12.7. The summed E-state index contributed by atoms with van der Waals surface area (Å²) >= 11 is 0. The molecule has 0 spiro atoms. The highest BCUT2D eigenvalue weighted by atomic mass is 32.3. The average Bonchev–Trinajstić information content (AvgIpc) is 3.38. The minimum Gasteiger partial charge on any atom is -0.378 e. The number of carbonyl (C=O) groups is 1. The van der Waals surface area contributed by atoms with Crippen molar-refractivity contribution in [2.75, 3.05) is 56.2 Å². The number of hydrogen-bond donors (Lipinski definition) is 3. The molecule has 2 fully saturated rings. The lowest BCUT2D eigenvalue weighted by atomic mass is 10.1. The second-order valence-electron chi connectivity index (χ2n) is 9.92. The maximum atomic E-state index is 12.7. The Bertz CT molecular complexity index is 1440. The Morgan fingerprint density at radius 3 is 2.38 bits per heavy atom. The number of nitrogens with one attached hydrogen (secondary N) is 1. The number of aromatic nitrogens is 3. The van der Waals surface area contributed by atoms with Crippen LogP contribution in [0.2, 0.25) is 0 Å². The normalized spacial score (nSPS) is 18.7. The number of morpholine rings is 1. The molecule has 39 heavy (non-hydrogen) atoms. The molecule has 204 valence electrons. The van der Waals surface area contributed by atoms with Gasteiger partial charge >= 0.3 is 0 Å². The number of anilines is 2. The van der Waals surface area contributed by atoms with E-state index >= 15 is 0 Å². The van der Waals surface area contributed by atoms with Crippen LogP contribution in [0.25, 0.3) is 16.7 Å². The third-order valence-electron chi connectivity index (χ3n) is 7.20. The van der Waals surface area contributed by atoms with Crippen LogP contribution in [0.1, 0.15) is 15.9 Å². The van der Waals surface area contributed by atoms with E-state index in [-0.39, 0.29) is 5.91 Å². The molecule has 2 saturated heterocycles. The molecule has 2 aromatic carbocycles. The number of nitrogens with zero attached hydrogens (tertiary/aromatic N) is 5. The minimum atomic E-state index is -2.38. The lowest BCUT2D eigenvalue weighted by Gasteiger charge is -2.41. The van der Waals surface area contributed by atoms with E-state index < -0.39 is 10.6 Å². The highest BCUT2D eigenvalue weighted by Gasteiger charge is 2.22. The van der Waals surface area contributed by atoms with Crippen LogP contribution in [0.3, 0.4) is 0 Å². The Morgan fingerprint density at radius 2 is 1.67 bits per heavy atom. The smallest absolute Gasteiger partial charge is 0.254 e. The van der Waals surface area contributed by atoms with Crippen LogP contribution < -0.4 is 5.32 Å². The zero-order chi connectivity index (χ0) is 26.8. The second-order valence-corrected chi connectivity index (χ2v) is 12.3. The zero-order valence-electron chi connectivity index (χ0n) is 21.6. The van der Waals surface area contributed by atoms with E-state index in [2.05, 4.69) is 39.5 Å². The molecule has 4 heterocycles. The van der Waals surface area contributed by atoms with E-state index in [1.165, 1.54) is 5.56 Å². The van der Waals surface area contributed by atoms with Gasteiger partial charge in [0.05, 0.1) is 24.7 Å². The van der Waals surface area contributed by atoms with Crippen molar-refractivity contribution in [2.24, 2.45) is 0 Å². The SMILES string of the molecule is O=C(c1ccc(Nc2ncc3ccn(-c4ccc(CN5CCS(O)(O)CC5)cc4)c3n2)cc1)N1CCOCC1. The Balaban J connectivity index is 1.14. The molecule has 3 N–H and O–H groups in total. The van der Waals surface area contributed by atoms with Gasteiger partial charge in [-0.3, -0.25) is 18.8 Å². The van der Waals surface area contributed by atoms with Crippen molar-refractivity contribution in [1.82, 2.24) is 24.3 Å². The second kappa shape index (κ2) is 10.9. The Morgan fingerprint density at radius 1 is 0.949 bits per heavy atom. The fourth-order valence-electron chi connectivity index (χ4n) is 4.90. The van der Waals surface area contributed by atoms with Crippen LogP contribution in [0.4, 0.5) is 11.6 Å². The minimum absolute atomic E-state index is 0.0145. The lowest BCUT2D eigenvalue weighted by Crippen LogP contribution is -2.40. The van der Waals surface area contributed by atoms with Crippen LogP contribution in [-0.2, 0) is 11.3 Å². The number of rotatable bonds is 6. The van der Waals surface area contributed by atoms with Gasteiger partial charge in [0.25, 0.3) is 5.91 Å². The molecule has 10 nitrogen and oxygen atoms in total. The summed E-state index contributed by atoms with van der Waals surface area (Å²) in [5.41, 5.74) is 4.42. The summed E-state index contributed by atoms with van der Waals surface area (Å²) in [7, 11) is -2.38. The van der Waals surface area contributed by atoms with Gasteiger partial charge in [-0.2, -0.15) is 15.6 Å². The highest BCUT2D eigenvalue weighted by Crippen LogP contribution is 2.40. The van der Waals surface area contributed by atoms with Gasteiger partial charge < -0.3 is 19.5 Å². The van der Waals surface area contributed by atoms with E-state index in [9.17, 15) is 13.9 Å². The molecule has 6 rings (SSSR count). The summed E-state index contributed by atoms with van der Waals surface area (Å²) in [6, 6.07) is 17.7. The predicted molar refractivity (Wildman–Crippen MR) is 153 cm³/mol. The number of fused-ring (bicyclic) bond motifs is 1. The van der Waals surface area contributed by atoms with Gasteiger partial charge in [0.2, 0.25) is 5.95 Å². The molecule has 0 aliphatic carbocycles. The van der Waals surface area contributed by atoms with Crippen LogP contribution in [-0.4, -0.2) is 90.2 Å². The average molecular weight is 549 g/mol. The van der Waals surface area contributed by atoms with Crippen molar-refractivity contribution in [3.05, 3.63) is 78.1 Å². The molecule has 0 saturated carbocycles. The number of ether oxygens (including phenoxy) is 1. The summed E-state index contributed by atoms with van der Waals surface area (Å²) in [6.45, 7) is 4.57. The fourth-order valence-corrected chi connectivity index (χ4v) is 6.21. The molecule has 1 amide bonds.